The van der Waals surface area contributed by atoms with Crippen molar-refractivity contribution < 1.29 is 0 Å². The number of aromatic nitrogens is 2. The van der Waals surface area contributed by atoms with E-state index >= 15 is 0 Å². The Kier molecular flexibility index (Phi) is 7.20. The van der Waals surface area contributed by atoms with Crippen LogP contribution in [0, 0.1) is 23.7 Å². The molecule has 62 heavy (non-hydrogen) atoms. The Labute approximate surface area is 365 Å². The van der Waals surface area contributed by atoms with Crippen molar-refractivity contribution in [2.75, 3.05) is 0 Å². The van der Waals surface area contributed by atoms with Crippen LogP contribution in [0.15, 0.2) is 170 Å². The van der Waals surface area contributed by atoms with Gasteiger partial charge in [0, 0.05) is 39.2 Å². The minimum absolute atomic E-state index is 0.118. The van der Waals surface area contributed by atoms with Gasteiger partial charge in [-0.25, -0.2) is 0 Å². The largest absolute Gasteiger partial charge is 0.309 e. The van der Waals surface area contributed by atoms with E-state index in [1.165, 1.54) is 98.5 Å². The van der Waals surface area contributed by atoms with Gasteiger partial charge in [-0.2, -0.15) is 0 Å². The monoisotopic (exact) mass is 812 g/mol. The van der Waals surface area contributed by atoms with Crippen LogP contribution in [-0.4, -0.2) is 17.6 Å². The van der Waals surface area contributed by atoms with Gasteiger partial charge in [0.05, 0.1) is 16.7 Å². The molecule has 4 fully saturated rings. The first-order chi connectivity index (χ1) is 30.5. The van der Waals surface area contributed by atoms with Crippen LogP contribution in [0.4, 0.5) is 0 Å². The number of fused-ring (bicyclic) bond motifs is 10. The zero-order chi connectivity index (χ0) is 40.9. The van der Waals surface area contributed by atoms with Crippen LogP contribution in [0.3, 0.4) is 0 Å². The summed E-state index contributed by atoms with van der Waals surface area (Å²) in [6.45, 7) is 5.24. The highest BCUT2D eigenvalue weighted by Gasteiger charge is 2.62. The molecular weight excluding hydrogens is 765 g/mol. The smallest absolute Gasteiger partial charge is 0.114 e. The van der Waals surface area contributed by atoms with Gasteiger partial charge in [0.15, 0.2) is 0 Å². The maximum atomic E-state index is 5.41. The van der Waals surface area contributed by atoms with Gasteiger partial charge in [-0.3, -0.25) is 4.98 Å². The van der Waals surface area contributed by atoms with Crippen LogP contribution in [0.1, 0.15) is 43.2 Å². The van der Waals surface area contributed by atoms with Crippen LogP contribution in [0.25, 0.3) is 83.3 Å². The summed E-state index contributed by atoms with van der Waals surface area (Å²) in [7, 11) is -2.06. The lowest BCUT2D eigenvalue weighted by Crippen LogP contribution is -2.55. The average Bonchev–Trinajstić information content (AvgIpc) is 3.89. The standard InChI is InChI=1S/C59H48N2Si/c1-62(2)55-19-11-8-16-48(55)56-49(34-51-57(58(56)62)47-15-6-9-17-50(47)59(51)42-29-36-28-37(31-42)32-43(59)30-36)52-27-25-41(35-60-52)39-22-20-38(21-23-39)40-24-26-46-45-14-7-10-18-53(45)61(54(46)33-40)44-12-4-3-5-13-44/h3-27,33-37,42-43H,28-32H2,1-2H3. The molecule has 7 aromatic carbocycles. The molecule has 0 saturated heterocycles. The van der Waals surface area contributed by atoms with Gasteiger partial charge >= 0.3 is 0 Å². The molecular formula is C59H48N2Si. The molecule has 5 aliphatic carbocycles. The maximum Gasteiger partial charge on any atom is 0.114 e. The molecule has 1 spiro atoms. The van der Waals surface area contributed by atoms with Crippen LogP contribution in [0.2, 0.25) is 13.1 Å². The molecule has 6 aliphatic rings. The van der Waals surface area contributed by atoms with Crippen molar-refractivity contribution in [2.24, 2.45) is 23.7 Å². The van der Waals surface area contributed by atoms with E-state index in [4.69, 9.17) is 4.98 Å². The molecule has 3 heterocycles. The van der Waals surface area contributed by atoms with Crippen molar-refractivity contribution in [1.29, 1.82) is 0 Å². The molecule has 0 unspecified atom stereocenters. The fourth-order valence-electron chi connectivity index (χ4n) is 14.4. The number of pyridine rings is 1. The Balaban J connectivity index is 0.879. The summed E-state index contributed by atoms with van der Waals surface area (Å²) in [5.41, 5.74) is 20.3. The summed E-state index contributed by atoms with van der Waals surface area (Å²) in [4.78, 5) is 5.41. The van der Waals surface area contributed by atoms with Gasteiger partial charge < -0.3 is 4.57 Å². The van der Waals surface area contributed by atoms with Crippen molar-refractivity contribution in [3.8, 4) is 61.5 Å². The Morgan fingerprint density at radius 1 is 0.500 bits per heavy atom. The number of para-hydroxylation sites is 2. The third kappa shape index (κ3) is 4.62. The second-order valence-corrected chi connectivity index (χ2v) is 24.2. The van der Waals surface area contributed by atoms with E-state index < -0.39 is 8.07 Å². The molecule has 3 heteroatoms. The highest BCUT2D eigenvalue weighted by Crippen LogP contribution is 2.70. The second kappa shape index (κ2) is 12.6. The zero-order valence-corrected chi connectivity index (χ0v) is 36.4. The normalized spacial score (nSPS) is 23.2. The summed E-state index contributed by atoms with van der Waals surface area (Å²) < 4.78 is 2.40. The summed E-state index contributed by atoms with van der Waals surface area (Å²) >= 11 is 0. The Bertz CT molecular complexity index is 3290. The van der Waals surface area contributed by atoms with E-state index in [0.29, 0.717) is 0 Å². The molecule has 2 aromatic heterocycles. The molecule has 0 radical (unpaired) electrons. The van der Waals surface area contributed by atoms with Gasteiger partial charge in [0.25, 0.3) is 0 Å². The van der Waals surface area contributed by atoms with E-state index in [-0.39, 0.29) is 5.41 Å². The van der Waals surface area contributed by atoms with Crippen molar-refractivity contribution in [1.82, 2.24) is 9.55 Å². The molecule has 0 N–H and O–H groups in total. The number of benzene rings is 7. The van der Waals surface area contributed by atoms with Gasteiger partial charge in [0.2, 0.25) is 0 Å². The van der Waals surface area contributed by atoms with Crippen molar-refractivity contribution in [2.45, 2.75) is 50.6 Å². The lowest BCUT2D eigenvalue weighted by atomic mass is 9.43. The minimum atomic E-state index is -2.06. The van der Waals surface area contributed by atoms with E-state index in [2.05, 4.69) is 188 Å². The van der Waals surface area contributed by atoms with E-state index in [1.54, 1.807) is 27.1 Å². The second-order valence-electron chi connectivity index (χ2n) is 19.9. The zero-order valence-electron chi connectivity index (χ0n) is 35.4. The predicted octanol–water partition coefficient (Wildman–Crippen LogP) is 13.7. The first-order valence-corrected chi connectivity index (χ1v) is 26.0. The summed E-state index contributed by atoms with van der Waals surface area (Å²) in [6.07, 6.45) is 9.18. The Morgan fingerprint density at radius 3 is 1.89 bits per heavy atom. The van der Waals surface area contributed by atoms with Crippen molar-refractivity contribution >= 4 is 40.3 Å². The molecule has 1 aliphatic heterocycles. The van der Waals surface area contributed by atoms with Crippen molar-refractivity contribution in [3.05, 3.63) is 181 Å². The molecule has 4 bridgehead atoms. The third-order valence-electron chi connectivity index (χ3n) is 16.6. The van der Waals surface area contributed by atoms with Crippen LogP contribution in [0.5, 0.6) is 0 Å². The lowest BCUT2D eigenvalue weighted by Gasteiger charge is -2.61. The van der Waals surface area contributed by atoms with Gasteiger partial charge in [-0.1, -0.05) is 140 Å². The van der Waals surface area contributed by atoms with E-state index in [1.807, 2.05) is 0 Å². The van der Waals surface area contributed by atoms with Crippen LogP contribution >= 0.6 is 0 Å². The fraction of sp³-hybridized carbons (Fsp3) is 0.203. The van der Waals surface area contributed by atoms with E-state index in [0.717, 1.165) is 34.9 Å². The highest BCUT2D eigenvalue weighted by molar-refractivity contribution is 7.04. The first-order valence-electron chi connectivity index (χ1n) is 23.0. The van der Waals surface area contributed by atoms with Crippen LogP contribution < -0.4 is 10.4 Å². The molecule has 9 aromatic rings. The molecule has 0 amide bonds. The average molecular weight is 813 g/mol. The molecule has 4 saturated carbocycles. The molecule has 2 nitrogen and oxygen atoms in total. The number of rotatable bonds is 4. The lowest BCUT2D eigenvalue weighted by molar-refractivity contribution is -0.0399. The maximum absolute atomic E-state index is 5.41. The van der Waals surface area contributed by atoms with Gasteiger partial charge in [0.1, 0.15) is 8.07 Å². The number of hydrogen-bond donors (Lipinski definition) is 0. The van der Waals surface area contributed by atoms with Crippen molar-refractivity contribution in [3.63, 3.8) is 0 Å². The first kappa shape index (κ1) is 35.3. The van der Waals surface area contributed by atoms with E-state index in [9.17, 15) is 0 Å². The fourth-order valence-corrected chi connectivity index (χ4v) is 17.8. The topological polar surface area (TPSA) is 17.8 Å². The summed E-state index contributed by atoms with van der Waals surface area (Å²) in [5, 5.41) is 5.79. The third-order valence-corrected chi connectivity index (χ3v) is 20.1. The summed E-state index contributed by atoms with van der Waals surface area (Å²) in [6, 6.07) is 61.9. The molecule has 0 atom stereocenters. The Morgan fingerprint density at radius 2 is 1.13 bits per heavy atom. The summed E-state index contributed by atoms with van der Waals surface area (Å²) in [5.74, 6) is 3.30. The predicted molar refractivity (Wildman–Crippen MR) is 260 cm³/mol. The minimum Gasteiger partial charge on any atom is -0.309 e. The number of hydrogen-bond acceptors (Lipinski definition) is 1. The van der Waals surface area contributed by atoms with Gasteiger partial charge in [-0.15, -0.1) is 0 Å². The van der Waals surface area contributed by atoms with Crippen LogP contribution in [-0.2, 0) is 5.41 Å². The number of nitrogens with zero attached hydrogens (tertiary/aromatic N) is 2. The Hall–Kier alpha value is -6.29. The highest BCUT2D eigenvalue weighted by atomic mass is 28.3. The molecule has 298 valence electrons. The SMILES string of the molecule is C[Si]1(C)c2ccccc2-c2c(-c3ccc(-c4ccc(-c5ccc6c7ccccc7n(-c7ccccc7)c6c5)cc4)cn3)cc3c(c21)-c1ccccc1C31C2CC3CC(C2)CC1C3. The quantitative estimate of drug-likeness (QED) is 0.162. The molecule has 15 rings (SSSR count). The van der Waals surface area contributed by atoms with Gasteiger partial charge in [-0.05, 0) is 153 Å².